The molecule has 84 valence electrons. The fourth-order valence-corrected chi connectivity index (χ4v) is 2.76. The van der Waals surface area contributed by atoms with Crippen molar-refractivity contribution < 1.29 is 4.79 Å². The van der Waals surface area contributed by atoms with E-state index in [1.54, 1.807) is 11.3 Å². The number of aryl methyl sites for hydroxylation is 1. The third kappa shape index (κ3) is 1.66. The number of rotatable bonds is 2. The fraction of sp³-hybridized carbons (Fsp3) is 0.0769. The van der Waals surface area contributed by atoms with E-state index in [-0.39, 0.29) is 0 Å². The number of H-pyrrole nitrogens is 1. The molecule has 2 aromatic heterocycles. The second-order valence-corrected chi connectivity index (χ2v) is 4.89. The van der Waals surface area contributed by atoms with Crippen LogP contribution in [0.5, 0.6) is 0 Å². The number of hydrogen-bond acceptors (Lipinski definition) is 3. The summed E-state index contributed by atoms with van der Waals surface area (Å²) in [7, 11) is 0. The van der Waals surface area contributed by atoms with Gasteiger partial charge in [0.15, 0.2) is 6.29 Å². The topological polar surface area (TPSA) is 45.8 Å². The number of benzene rings is 1. The van der Waals surface area contributed by atoms with Crippen LogP contribution in [0.15, 0.2) is 29.6 Å². The molecule has 2 heterocycles. The zero-order chi connectivity index (χ0) is 11.8. The minimum atomic E-state index is 0.468. The van der Waals surface area contributed by atoms with Crippen molar-refractivity contribution in [2.75, 3.05) is 0 Å². The zero-order valence-corrected chi connectivity index (χ0v) is 10.0. The number of nitrogens with zero attached hydrogens (tertiary/aromatic N) is 1. The Morgan fingerprint density at radius 3 is 2.94 bits per heavy atom. The number of thiophene rings is 1. The van der Waals surface area contributed by atoms with Crippen LogP contribution in [0.3, 0.4) is 0 Å². The Bertz CT molecular complexity index is 696. The molecule has 3 rings (SSSR count). The van der Waals surface area contributed by atoms with E-state index >= 15 is 0 Å². The Balaban J connectivity index is 2.21. The number of aromatic nitrogens is 2. The molecule has 1 N–H and O–H groups in total. The Morgan fingerprint density at radius 2 is 2.24 bits per heavy atom. The second-order valence-electron chi connectivity index (χ2n) is 3.98. The Morgan fingerprint density at radius 1 is 1.35 bits per heavy atom. The fourth-order valence-electron chi connectivity index (χ4n) is 1.86. The van der Waals surface area contributed by atoms with Gasteiger partial charge in [-0.25, -0.2) is 0 Å². The average Bonchev–Trinajstić information content (AvgIpc) is 2.94. The van der Waals surface area contributed by atoms with E-state index in [0.717, 1.165) is 22.8 Å². The Labute approximate surface area is 102 Å². The van der Waals surface area contributed by atoms with Crippen molar-refractivity contribution in [1.29, 1.82) is 0 Å². The number of aldehydes is 1. The average molecular weight is 242 g/mol. The van der Waals surface area contributed by atoms with Gasteiger partial charge in [-0.1, -0.05) is 6.07 Å². The standard InChI is InChI=1S/C13H10N2OS/c1-8-4-13(17-7-8)9-2-3-11-10(5-9)12(6-16)15-14-11/h2-7H,1H3,(H,14,15). The first-order valence-electron chi connectivity index (χ1n) is 5.27. The molecule has 0 spiro atoms. The molecule has 3 nitrogen and oxygen atoms in total. The summed E-state index contributed by atoms with van der Waals surface area (Å²) in [5.41, 5.74) is 3.74. The third-order valence-electron chi connectivity index (χ3n) is 2.72. The molecule has 0 saturated heterocycles. The molecule has 0 radical (unpaired) electrons. The van der Waals surface area contributed by atoms with Gasteiger partial charge in [0.1, 0.15) is 5.69 Å². The lowest BCUT2D eigenvalue weighted by Gasteiger charge is -1.97. The molecule has 0 atom stereocenters. The summed E-state index contributed by atoms with van der Waals surface area (Å²) in [6.07, 6.45) is 0.780. The smallest absolute Gasteiger partial charge is 0.170 e. The summed E-state index contributed by atoms with van der Waals surface area (Å²) >= 11 is 1.71. The van der Waals surface area contributed by atoms with Gasteiger partial charge >= 0.3 is 0 Å². The second kappa shape index (κ2) is 3.82. The van der Waals surface area contributed by atoms with Gasteiger partial charge in [0.25, 0.3) is 0 Å². The lowest BCUT2D eigenvalue weighted by Crippen LogP contribution is -1.79. The molecule has 0 aliphatic rings. The van der Waals surface area contributed by atoms with Crippen LogP contribution in [-0.2, 0) is 0 Å². The predicted molar refractivity (Wildman–Crippen MR) is 69.5 cm³/mol. The summed E-state index contributed by atoms with van der Waals surface area (Å²) in [5, 5.41) is 9.81. The lowest BCUT2D eigenvalue weighted by atomic mass is 10.1. The van der Waals surface area contributed by atoms with Crippen molar-refractivity contribution in [3.63, 3.8) is 0 Å². The predicted octanol–water partition coefficient (Wildman–Crippen LogP) is 3.41. The molecule has 1 aromatic carbocycles. The van der Waals surface area contributed by atoms with Crippen LogP contribution in [0.1, 0.15) is 16.1 Å². The van der Waals surface area contributed by atoms with Crippen molar-refractivity contribution in [1.82, 2.24) is 10.2 Å². The van der Waals surface area contributed by atoms with Crippen molar-refractivity contribution in [2.45, 2.75) is 6.92 Å². The summed E-state index contributed by atoms with van der Waals surface area (Å²) in [6, 6.07) is 8.15. The molecule has 0 bridgehead atoms. The highest BCUT2D eigenvalue weighted by Gasteiger charge is 2.07. The highest BCUT2D eigenvalue weighted by Crippen LogP contribution is 2.29. The van der Waals surface area contributed by atoms with Crippen LogP contribution in [0.2, 0.25) is 0 Å². The van der Waals surface area contributed by atoms with E-state index in [1.165, 1.54) is 10.4 Å². The SMILES string of the molecule is Cc1csc(-c2ccc3[nH]nc(C=O)c3c2)c1. The maximum atomic E-state index is 10.9. The summed E-state index contributed by atoms with van der Waals surface area (Å²) in [6.45, 7) is 2.08. The molecule has 17 heavy (non-hydrogen) atoms. The summed E-state index contributed by atoms with van der Waals surface area (Å²) in [4.78, 5) is 12.1. The third-order valence-corrected chi connectivity index (χ3v) is 3.82. The molecule has 0 aliphatic carbocycles. The zero-order valence-electron chi connectivity index (χ0n) is 9.23. The molecular formula is C13H10N2OS. The van der Waals surface area contributed by atoms with Crippen molar-refractivity contribution in [3.8, 4) is 10.4 Å². The maximum absolute atomic E-state index is 10.9. The molecule has 0 amide bonds. The number of aromatic amines is 1. The molecule has 4 heteroatoms. The first-order valence-corrected chi connectivity index (χ1v) is 6.15. The highest BCUT2D eigenvalue weighted by atomic mass is 32.1. The molecule has 0 unspecified atom stereocenters. The number of nitrogens with one attached hydrogen (secondary N) is 1. The van der Waals surface area contributed by atoms with Gasteiger partial charge in [0.05, 0.1) is 5.52 Å². The van der Waals surface area contributed by atoms with Crippen LogP contribution in [0, 0.1) is 6.92 Å². The minimum absolute atomic E-state index is 0.468. The van der Waals surface area contributed by atoms with Gasteiger partial charge in [0, 0.05) is 10.3 Å². The van der Waals surface area contributed by atoms with Gasteiger partial charge in [-0.2, -0.15) is 5.10 Å². The summed E-state index contributed by atoms with van der Waals surface area (Å²) < 4.78 is 0. The van der Waals surface area contributed by atoms with E-state index in [1.807, 2.05) is 18.2 Å². The van der Waals surface area contributed by atoms with Crippen LogP contribution in [-0.4, -0.2) is 16.5 Å². The first kappa shape index (κ1) is 10.2. The number of carbonyl (C=O) groups is 1. The van der Waals surface area contributed by atoms with Crippen LogP contribution in [0.25, 0.3) is 21.3 Å². The van der Waals surface area contributed by atoms with Gasteiger partial charge in [0.2, 0.25) is 0 Å². The Kier molecular flexibility index (Phi) is 2.30. The largest absolute Gasteiger partial charge is 0.296 e. The van der Waals surface area contributed by atoms with Crippen LogP contribution >= 0.6 is 11.3 Å². The van der Waals surface area contributed by atoms with Crippen LogP contribution in [0.4, 0.5) is 0 Å². The first-order chi connectivity index (χ1) is 8.28. The quantitative estimate of drug-likeness (QED) is 0.700. The monoisotopic (exact) mass is 242 g/mol. The molecule has 0 saturated carbocycles. The maximum Gasteiger partial charge on any atom is 0.170 e. The van der Waals surface area contributed by atoms with Crippen molar-refractivity contribution in [2.24, 2.45) is 0 Å². The van der Waals surface area contributed by atoms with E-state index in [4.69, 9.17) is 0 Å². The van der Waals surface area contributed by atoms with E-state index in [9.17, 15) is 4.79 Å². The number of carbonyl (C=O) groups excluding carboxylic acids is 1. The van der Waals surface area contributed by atoms with Gasteiger partial charge in [-0.3, -0.25) is 9.89 Å². The molecule has 0 fully saturated rings. The normalized spacial score (nSPS) is 10.9. The van der Waals surface area contributed by atoms with Crippen molar-refractivity contribution >= 4 is 28.5 Å². The molecule has 3 aromatic rings. The molecular weight excluding hydrogens is 232 g/mol. The summed E-state index contributed by atoms with van der Waals surface area (Å²) in [5.74, 6) is 0. The van der Waals surface area contributed by atoms with E-state index in [2.05, 4.69) is 28.6 Å². The van der Waals surface area contributed by atoms with Crippen LogP contribution < -0.4 is 0 Å². The van der Waals surface area contributed by atoms with Gasteiger partial charge in [-0.05, 0) is 41.6 Å². The van der Waals surface area contributed by atoms with E-state index in [0.29, 0.717) is 5.69 Å². The van der Waals surface area contributed by atoms with Gasteiger partial charge in [-0.15, -0.1) is 11.3 Å². The highest BCUT2D eigenvalue weighted by molar-refractivity contribution is 7.13. The Hall–Kier alpha value is -1.94. The number of hydrogen-bond donors (Lipinski definition) is 1. The van der Waals surface area contributed by atoms with Gasteiger partial charge < -0.3 is 0 Å². The molecule has 0 aliphatic heterocycles. The van der Waals surface area contributed by atoms with Crippen molar-refractivity contribution in [3.05, 3.63) is 40.9 Å². The lowest BCUT2D eigenvalue weighted by molar-refractivity contribution is 0.112. The number of fused-ring (bicyclic) bond motifs is 1. The van der Waals surface area contributed by atoms with E-state index < -0.39 is 0 Å². The minimum Gasteiger partial charge on any atom is -0.296 e.